The first-order valence-corrected chi connectivity index (χ1v) is 7.91. The number of nitrogens with one attached hydrogen (secondary N) is 1. The second-order valence-electron chi connectivity index (χ2n) is 5.94. The van der Waals surface area contributed by atoms with Crippen LogP contribution in [0.1, 0.15) is 33.6 Å². The van der Waals surface area contributed by atoms with Crippen molar-refractivity contribution in [2.45, 2.75) is 39.7 Å². The molecule has 3 nitrogen and oxygen atoms in total. The molecule has 3 heteroatoms. The normalized spacial score (nSPS) is 12.8. The number of nitrogens with zero attached hydrogens (tertiary/aromatic N) is 1. The fourth-order valence-electron chi connectivity index (χ4n) is 2.37. The van der Waals surface area contributed by atoms with Crippen molar-refractivity contribution in [2.75, 3.05) is 13.1 Å². The van der Waals surface area contributed by atoms with Crippen LogP contribution in [0.4, 0.5) is 0 Å². The summed E-state index contributed by atoms with van der Waals surface area (Å²) in [6.07, 6.45) is 4.21. The van der Waals surface area contributed by atoms with Crippen molar-refractivity contribution in [2.24, 2.45) is 5.92 Å². The summed E-state index contributed by atoms with van der Waals surface area (Å²) in [5.41, 5.74) is 1.01. The van der Waals surface area contributed by atoms with Gasteiger partial charge in [-0.15, -0.1) is 0 Å². The van der Waals surface area contributed by atoms with E-state index >= 15 is 0 Å². The third-order valence-electron chi connectivity index (χ3n) is 3.40. The number of hydrogen-bond acceptors (Lipinski definition) is 3. The maximum atomic E-state index is 6.12. The van der Waals surface area contributed by atoms with Crippen LogP contribution in [-0.2, 0) is 0 Å². The zero-order valence-electron chi connectivity index (χ0n) is 13.3. The molecule has 0 amide bonds. The maximum absolute atomic E-state index is 6.12. The van der Waals surface area contributed by atoms with Crippen molar-refractivity contribution in [3.8, 4) is 5.75 Å². The van der Waals surface area contributed by atoms with Crippen LogP contribution in [0, 0.1) is 5.92 Å². The van der Waals surface area contributed by atoms with Crippen LogP contribution in [0.2, 0.25) is 0 Å². The number of aromatic nitrogens is 1. The summed E-state index contributed by atoms with van der Waals surface area (Å²) in [6.45, 7) is 8.54. The minimum Gasteiger partial charge on any atom is -0.487 e. The topological polar surface area (TPSA) is 34.1 Å². The number of fused-ring (bicyclic) bond motifs is 1. The molecule has 1 heterocycles. The lowest BCUT2D eigenvalue weighted by molar-refractivity contribution is 0.185. The van der Waals surface area contributed by atoms with Gasteiger partial charge in [-0.25, -0.2) is 0 Å². The standard InChI is InChI=1S/C18H26N2O/c1-4-7-16(12-19-11-14(2)3)21-17-10-15-8-5-6-9-18(15)20-13-17/h5-6,8-10,13-14,16,19H,4,7,11-12H2,1-3H3. The van der Waals surface area contributed by atoms with E-state index in [-0.39, 0.29) is 6.10 Å². The first kappa shape index (κ1) is 15.8. The average molecular weight is 286 g/mol. The van der Waals surface area contributed by atoms with Crippen LogP contribution in [0.25, 0.3) is 10.9 Å². The van der Waals surface area contributed by atoms with E-state index in [4.69, 9.17) is 4.74 Å². The molecule has 0 radical (unpaired) electrons. The number of para-hydroxylation sites is 1. The van der Waals surface area contributed by atoms with Gasteiger partial charge in [0.15, 0.2) is 0 Å². The lowest BCUT2D eigenvalue weighted by atomic mass is 10.2. The third-order valence-corrected chi connectivity index (χ3v) is 3.40. The summed E-state index contributed by atoms with van der Waals surface area (Å²) >= 11 is 0. The van der Waals surface area contributed by atoms with Crippen molar-refractivity contribution in [1.82, 2.24) is 10.3 Å². The zero-order valence-corrected chi connectivity index (χ0v) is 13.3. The minimum absolute atomic E-state index is 0.205. The molecule has 0 aliphatic rings. The van der Waals surface area contributed by atoms with Gasteiger partial charge >= 0.3 is 0 Å². The Hall–Kier alpha value is -1.61. The van der Waals surface area contributed by atoms with E-state index in [9.17, 15) is 0 Å². The van der Waals surface area contributed by atoms with Crippen LogP contribution in [0.15, 0.2) is 36.5 Å². The first-order chi connectivity index (χ1) is 10.2. The van der Waals surface area contributed by atoms with E-state index in [1.54, 1.807) is 0 Å². The van der Waals surface area contributed by atoms with Crippen LogP contribution in [-0.4, -0.2) is 24.2 Å². The molecule has 0 spiro atoms. The number of rotatable bonds is 8. The highest BCUT2D eigenvalue weighted by Crippen LogP contribution is 2.19. The van der Waals surface area contributed by atoms with Gasteiger partial charge in [-0.2, -0.15) is 0 Å². The van der Waals surface area contributed by atoms with Crippen LogP contribution in [0.3, 0.4) is 0 Å². The molecule has 0 bridgehead atoms. The summed E-state index contributed by atoms with van der Waals surface area (Å²) < 4.78 is 6.12. The Morgan fingerprint density at radius 3 is 2.76 bits per heavy atom. The van der Waals surface area contributed by atoms with E-state index in [1.807, 2.05) is 24.4 Å². The SMILES string of the molecule is CCCC(CNCC(C)C)Oc1cnc2ccccc2c1. The molecule has 1 N–H and O–H groups in total. The molecule has 21 heavy (non-hydrogen) atoms. The van der Waals surface area contributed by atoms with Gasteiger partial charge in [0, 0.05) is 11.9 Å². The van der Waals surface area contributed by atoms with Gasteiger partial charge in [-0.05, 0) is 31.0 Å². The predicted molar refractivity (Wildman–Crippen MR) is 88.8 cm³/mol. The highest BCUT2D eigenvalue weighted by Gasteiger charge is 2.10. The van der Waals surface area contributed by atoms with Gasteiger partial charge in [0.25, 0.3) is 0 Å². The number of hydrogen-bond donors (Lipinski definition) is 1. The molecule has 114 valence electrons. The second-order valence-corrected chi connectivity index (χ2v) is 5.94. The second kappa shape index (κ2) is 7.99. The molecular weight excluding hydrogens is 260 g/mol. The van der Waals surface area contributed by atoms with Gasteiger partial charge < -0.3 is 10.1 Å². The fourth-order valence-corrected chi connectivity index (χ4v) is 2.37. The molecule has 2 aromatic rings. The summed E-state index contributed by atoms with van der Waals surface area (Å²) in [4.78, 5) is 4.46. The lowest BCUT2D eigenvalue weighted by Gasteiger charge is -2.20. The summed E-state index contributed by atoms with van der Waals surface area (Å²) in [5.74, 6) is 1.52. The molecule has 1 aromatic carbocycles. The Labute approximate surface area is 127 Å². The van der Waals surface area contributed by atoms with Crippen LogP contribution >= 0.6 is 0 Å². The van der Waals surface area contributed by atoms with E-state index in [1.165, 1.54) is 0 Å². The van der Waals surface area contributed by atoms with E-state index in [2.05, 4.69) is 43.2 Å². The first-order valence-electron chi connectivity index (χ1n) is 7.91. The van der Waals surface area contributed by atoms with Crippen LogP contribution in [0.5, 0.6) is 5.75 Å². The largest absolute Gasteiger partial charge is 0.487 e. The van der Waals surface area contributed by atoms with E-state index in [0.29, 0.717) is 5.92 Å². The minimum atomic E-state index is 0.205. The molecule has 0 aliphatic carbocycles. The van der Waals surface area contributed by atoms with E-state index in [0.717, 1.165) is 42.6 Å². The Balaban J connectivity index is 2.00. The molecule has 2 rings (SSSR count). The molecule has 0 fully saturated rings. The Bertz CT molecular complexity index is 554. The van der Waals surface area contributed by atoms with Crippen molar-refractivity contribution in [3.05, 3.63) is 36.5 Å². The molecule has 1 atom stereocenters. The third kappa shape index (κ3) is 5.01. The van der Waals surface area contributed by atoms with Gasteiger partial charge in [0.2, 0.25) is 0 Å². The van der Waals surface area contributed by atoms with Crippen LogP contribution < -0.4 is 10.1 Å². The number of pyridine rings is 1. The summed E-state index contributed by atoms with van der Waals surface area (Å²) in [5, 5.41) is 4.61. The molecule has 0 saturated carbocycles. The van der Waals surface area contributed by atoms with Crippen molar-refractivity contribution in [3.63, 3.8) is 0 Å². The molecule has 0 saturated heterocycles. The average Bonchev–Trinajstić information content (AvgIpc) is 2.47. The van der Waals surface area contributed by atoms with Gasteiger partial charge in [0.05, 0.1) is 11.7 Å². The highest BCUT2D eigenvalue weighted by atomic mass is 16.5. The summed E-state index contributed by atoms with van der Waals surface area (Å²) in [6, 6.07) is 10.2. The van der Waals surface area contributed by atoms with E-state index < -0.39 is 0 Å². The molecule has 1 aromatic heterocycles. The van der Waals surface area contributed by atoms with Crippen molar-refractivity contribution in [1.29, 1.82) is 0 Å². The fraction of sp³-hybridized carbons (Fsp3) is 0.500. The Morgan fingerprint density at radius 1 is 1.19 bits per heavy atom. The molecular formula is C18H26N2O. The predicted octanol–water partition coefficient (Wildman–Crippen LogP) is 4.03. The van der Waals surface area contributed by atoms with Gasteiger partial charge in [0.1, 0.15) is 11.9 Å². The molecule has 1 unspecified atom stereocenters. The smallest absolute Gasteiger partial charge is 0.138 e. The monoisotopic (exact) mass is 286 g/mol. The number of benzene rings is 1. The van der Waals surface area contributed by atoms with Crippen molar-refractivity contribution < 1.29 is 4.74 Å². The summed E-state index contributed by atoms with van der Waals surface area (Å²) in [7, 11) is 0. The number of ether oxygens (including phenoxy) is 1. The molecule has 0 aliphatic heterocycles. The quantitative estimate of drug-likeness (QED) is 0.795. The van der Waals surface area contributed by atoms with Gasteiger partial charge in [-0.3, -0.25) is 4.98 Å². The lowest BCUT2D eigenvalue weighted by Crippen LogP contribution is -2.33. The highest BCUT2D eigenvalue weighted by molar-refractivity contribution is 5.79. The zero-order chi connectivity index (χ0) is 15.1. The van der Waals surface area contributed by atoms with Crippen molar-refractivity contribution >= 4 is 10.9 Å². The Kier molecular flexibility index (Phi) is 6.00. The van der Waals surface area contributed by atoms with Gasteiger partial charge in [-0.1, -0.05) is 45.4 Å². The maximum Gasteiger partial charge on any atom is 0.138 e. The Morgan fingerprint density at radius 2 is 2.00 bits per heavy atom.